The van der Waals surface area contributed by atoms with Crippen molar-refractivity contribution in [1.82, 2.24) is 4.90 Å². The van der Waals surface area contributed by atoms with Gasteiger partial charge in [-0.15, -0.1) is 11.3 Å². The Morgan fingerprint density at radius 2 is 1.88 bits per heavy atom. The Morgan fingerprint density at radius 1 is 1.21 bits per heavy atom. The fourth-order valence-electron chi connectivity index (χ4n) is 3.52. The molecule has 0 unspecified atom stereocenters. The lowest BCUT2D eigenvalue weighted by molar-refractivity contribution is 0.0678. The molecule has 176 valence electrons. The first kappa shape index (κ1) is 23.3. The topological polar surface area (TPSA) is 141 Å². The third-order valence-electron chi connectivity index (χ3n) is 4.96. The molecule has 2 aliphatic rings. The smallest absolute Gasteiger partial charge is 0.414 e. The van der Waals surface area contributed by atoms with Crippen molar-refractivity contribution in [3.63, 3.8) is 0 Å². The Kier molecular flexibility index (Phi) is 6.47. The Labute approximate surface area is 198 Å². The summed E-state index contributed by atoms with van der Waals surface area (Å²) >= 11 is 6.83. The van der Waals surface area contributed by atoms with E-state index in [1.807, 2.05) is 0 Å². The van der Waals surface area contributed by atoms with Crippen LogP contribution < -0.4 is 9.80 Å². The van der Waals surface area contributed by atoms with Crippen LogP contribution >= 0.6 is 22.9 Å². The lowest BCUT2D eigenvalue weighted by Crippen LogP contribution is -2.41. The molecule has 2 fully saturated rings. The molecular formula is C19H19ClN4O7S2. The van der Waals surface area contributed by atoms with Crippen molar-refractivity contribution in [2.75, 3.05) is 41.9 Å². The van der Waals surface area contributed by atoms with Crippen LogP contribution in [0.25, 0.3) is 0 Å². The van der Waals surface area contributed by atoms with Gasteiger partial charge in [0.05, 0.1) is 28.8 Å². The molecule has 1 atom stereocenters. The van der Waals surface area contributed by atoms with E-state index in [9.17, 15) is 22.6 Å². The summed E-state index contributed by atoms with van der Waals surface area (Å²) in [6.07, 6.45) is -1.47. The SMILES string of the molecule is N=C1OCCN1c1ccc(N2C[C@@H](CN(CS(=O)(=O)O)C(=O)c3ccc(Cl)s3)OC2=O)cc1. The number of rotatable bonds is 7. The number of carbonyl (C=O) groups excluding carboxylic acids is 2. The molecular weight excluding hydrogens is 496 g/mol. The molecule has 2 aliphatic heterocycles. The first-order valence-corrected chi connectivity index (χ1v) is 12.5. The molecule has 33 heavy (non-hydrogen) atoms. The number of ether oxygens (including phenoxy) is 2. The summed E-state index contributed by atoms with van der Waals surface area (Å²) in [6.45, 7) is 0.814. The fraction of sp³-hybridized carbons (Fsp3) is 0.316. The highest BCUT2D eigenvalue weighted by molar-refractivity contribution is 7.85. The molecule has 0 radical (unpaired) electrons. The number of amides is 2. The molecule has 0 saturated carbocycles. The minimum Gasteiger partial charge on any atom is -0.463 e. The molecule has 2 saturated heterocycles. The Balaban J connectivity index is 1.46. The van der Waals surface area contributed by atoms with Gasteiger partial charge >= 0.3 is 6.09 Å². The van der Waals surface area contributed by atoms with Crippen molar-refractivity contribution in [3.05, 3.63) is 45.6 Å². The molecule has 14 heteroatoms. The second-order valence-electron chi connectivity index (χ2n) is 7.28. The van der Waals surface area contributed by atoms with Gasteiger partial charge in [-0.2, -0.15) is 8.42 Å². The Hall–Kier alpha value is -2.87. The van der Waals surface area contributed by atoms with Gasteiger partial charge in [-0.1, -0.05) is 11.6 Å². The zero-order chi connectivity index (χ0) is 23.8. The van der Waals surface area contributed by atoms with E-state index < -0.39 is 34.1 Å². The van der Waals surface area contributed by atoms with Gasteiger partial charge in [-0.05, 0) is 36.4 Å². The van der Waals surface area contributed by atoms with Crippen molar-refractivity contribution in [3.8, 4) is 0 Å². The van der Waals surface area contributed by atoms with Crippen LogP contribution in [0, 0.1) is 5.41 Å². The lowest BCUT2D eigenvalue weighted by atomic mass is 10.2. The van der Waals surface area contributed by atoms with Gasteiger partial charge in [0.1, 0.15) is 18.6 Å². The van der Waals surface area contributed by atoms with Gasteiger partial charge in [-0.25, -0.2) is 4.79 Å². The highest BCUT2D eigenvalue weighted by atomic mass is 35.5. The second-order valence-corrected chi connectivity index (χ2v) is 10.4. The molecule has 4 rings (SSSR count). The van der Waals surface area contributed by atoms with Gasteiger partial charge in [0, 0.05) is 11.4 Å². The van der Waals surface area contributed by atoms with Gasteiger partial charge < -0.3 is 14.4 Å². The molecule has 2 amide bonds. The molecule has 0 aliphatic carbocycles. The van der Waals surface area contributed by atoms with Crippen LogP contribution in [-0.4, -0.2) is 74.1 Å². The first-order valence-electron chi connectivity index (χ1n) is 9.67. The van der Waals surface area contributed by atoms with Crippen LogP contribution in [0.2, 0.25) is 4.34 Å². The largest absolute Gasteiger partial charge is 0.463 e. The minimum atomic E-state index is -4.52. The van der Waals surface area contributed by atoms with Crippen molar-refractivity contribution in [2.45, 2.75) is 6.10 Å². The third-order valence-corrected chi connectivity index (χ3v) is 6.82. The molecule has 0 spiro atoms. The van der Waals surface area contributed by atoms with E-state index in [1.54, 1.807) is 29.2 Å². The zero-order valence-corrected chi connectivity index (χ0v) is 19.4. The molecule has 11 nitrogen and oxygen atoms in total. The van der Waals surface area contributed by atoms with Crippen LogP contribution in [0.5, 0.6) is 0 Å². The lowest BCUT2D eigenvalue weighted by Gasteiger charge is -2.23. The van der Waals surface area contributed by atoms with Crippen molar-refractivity contribution in [2.24, 2.45) is 0 Å². The van der Waals surface area contributed by atoms with Crippen LogP contribution in [0.4, 0.5) is 16.2 Å². The predicted molar refractivity (Wildman–Crippen MR) is 122 cm³/mol. The minimum absolute atomic E-state index is 0.0546. The number of hydrogen-bond acceptors (Lipinski definition) is 8. The van der Waals surface area contributed by atoms with Crippen LogP contribution in [0.15, 0.2) is 36.4 Å². The number of benzene rings is 1. The molecule has 2 aromatic rings. The molecule has 3 heterocycles. The number of nitrogens with one attached hydrogen (secondary N) is 1. The van der Waals surface area contributed by atoms with E-state index >= 15 is 0 Å². The van der Waals surface area contributed by atoms with Crippen LogP contribution in [0.3, 0.4) is 0 Å². The normalized spacial score (nSPS) is 18.4. The Morgan fingerprint density at radius 3 is 2.42 bits per heavy atom. The number of halogens is 1. The predicted octanol–water partition coefficient (Wildman–Crippen LogP) is 2.49. The quantitative estimate of drug-likeness (QED) is 0.537. The standard InChI is InChI=1S/C19H19ClN4O7S2/c20-16-6-5-15(32-16)17(25)22(11-33(27,28)29)9-14-10-24(19(26)31-14)13-3-1-12(2-4-13)23-7-8-30-18(23)21/h1-6,14,21H,7-11H2,(H,27,28,29)/t14-/m1/s1. The molecule has 0 bridgehead atoms. The summed E-state index contributed by atoms with van der Waals surface area (Å²) in [6, 6.07) is 9.88. The van der Waals surface area contributed by atoms with E-state index in [1.165, 1.54) is 17.0 Å². The summed E-state index contributed by atoms with van der Waals surface area (Å²) in [4.78, 5) is 29.3. The second kappa shape index (κ2) is 9.17. The summed E-state index contributed by atoms with van der Waals surface area (Å²) in [7, 11) is -4.52. The zero-order valence-electron chi connectivity index (χ0n) is 17.0. The van der Waals surface area contributed by atoms with E-state index in [2.05, 4.69) is 0 Å². The maximum atomic E-state index is 12.8. The van der Waals surface area contributed by atoms with Crippen molar-refractivity contribution in [1.29, 1.82) is 5.41 Å². The monoisotopic (exact) mass is 514 g/mol. The van der Waals surface area contributed by atoms with Crippen LogP contribution in [-0.2, 0) is 19.6 Å². The Bertz CT molecular complexity index is 1190. The van der Waals surface area contributed by atoms with E-state index in [0.29, 0.717) is 23.2 Å². The number of thiophene rings is 1. The van der Waals surface area contributed by atoms with Gasteiger partial charge in [0.15, 0.2) is 0 Å². The van der Waals surface area contributed by atoms with Crippen molar-refractivity contribution >= 4 is 62.5 Å². The van der Waals surface area contributed by atoms with Gasteiger partial charge in [0.25, 0.3) is 22.0 Å². The molecule has 1 aromatic carbocycles. The first-order chi connectivity index (χ1) is 15.6. The number of nitrogens with zero attached hydrogens (tertiary/aromatic N) is 3. The summed E-state index contributed by atoms with van der Waals surface area (Å²) in [5.74, 6) is -1.60. The average molecular weight is 515 g/mol. The number of cyclic esters (lactones) is 1. The van der Waals surface area contributed by atoms with Gasteiger partial charge in [-0.3, -0.25) is 24.6 Å². The van der Waals surface area contributed by atoms with E-state index in [0.717, 1.165) is 21.9 Å². The fourth-order valence-corrected chi connectivity index (χ4v) is 5.15. The molecule has 1 aromatic heterocycles. The highest BCUT2D eigenvalue weighted by Crippen LogP contribution is 2.27. The van der Waals surface area contributed by atoms with Crippen molar-refractivity contribution < 1.29 is 32.0 Å². The molecule has 2 N–H and O–H groups in total. The number of anilines is 2. The maximum Gasteiger partial charge on any atom is 0.414 e. The number of carbonyl (C=O) groups is 2. The third kappa shape index (κ3) is 5.38. The number of amidine groups is 1. The maximum absolute atomic E-state index is 12.8. The summed E-state index contributed by atoms with van der Waals surface area (Å²) in [5.41, 5.74) is 1.28. The summed E-state index contributed by atoms with van der Waals surface area (Å²) in [5, 5.41) is 7.77. The van der Waals surface area contributed by atoms with Gasteiger partial charge in [0.2, 0.25) is 0 Å². The van der Waals surface area contributed by atoms with Crippen LogP contribution in [0.1, 0.15) is 9.67 Å². The average Bonchev–Trinajstić information content (AvgIpc) is 3.46. The highest BCUT2D eigenvalue weighted by Gasteiger charge is 2.36. The van der Waals surface area contributed by atoms with E-state index in [-0.39, 0.29) is 24.0 Å². The number of hydrogen-bond donors (Lipinski definition) is 2. The summed E-state index contributed by atoms with van der Waals surface area (Å²) < 4.78 is 43.0. The van der Waals surface area contributed by atoms with E-state index in [4.69, 9.17) is 26.5 Å².